The van der Waals surface area contributed by atoms with Gasteiger partial charge in [-0.2, -0.15) is 0 Å². The van der Waals surface area contributed by atoms with Crippen LogP contribution in [0.3, 0.4) is 0 Å². The normalized spacial score (nSPS) is 23.2. The van der Waals surface area contributed by atoms with Gasteiger partial charge in [-0.15, -0.1) is 0 Å². The van der Waals surface area contributed by atoms with Crippen molar-refractivity contribution in [1.82, 2.24) is 5.32 Å². The van der Waals surface area contributed by atoms with Gasteiger partial charge in [0.2, 0.25) is 5.91 Å². The fourth-order valence-corrected chi connectivity index (χ4v) is 6.31. The predicted molar refractivity (Wildman–Crippen MR) is 114 cm³/mol. The summed E-state index contributed by atoms with van der Waals surface area (Å²) in [5.41, 5.74) is 2.33. The average molecular weight is 413 g/mol. The first-order valence-corrected chi connectivity index (χ1v) is 11.7. The SMILES string of the molecule is Cc1ccc(C)c(N(CC(=O)N[C@@H]2C[C@H]3CC[C@H]2C3)S(=O)(=O)c2ccccc2)c1. The number of hydrogen-bond donors (Lipinski definition) is 1. The quantitative estimate of drug-likeness (QED) is 0.785. The van der Waals surface area contributed by atoms with E-state index in [9.17, 15) is 13.2 Å². The van der Waals surface area contributed by atoms with Crippen LogP contribution in [0.1, 0.15) is 36.8 Å². The molecule has 2 aliphatic carbocycles. The molecule has 0 unspecified atom stereocenters. The monoisotopic (exact) mass is 412 g/mol. The Morgan fingerprint density at radius 1 is 1.07 bits per heavy atom. The van der Waals surface area contributed by atoms with Gasteiger partial charge in [-0.1, -0.05) is 36.8 Å². The Balaban J connectivity index is 1.63. The molecule has 1 N–H and O–H groups in total. The van der Waals surface area contributed by atoms with E-state index in [4.69, 9.17) is 0 Å². The zero-order valence-electron chi connectivity index (χ0n) is 17.0. The molecule has 2 aromatic rings. The van der Waals surface area contributed by atoms with Gasteiger partial charge in [0.25, 0.3) is 10.0 Å². The molecular formula is C23H28N2O3S. The van der Waals surface area contributed by atoms with Gasteiger partial charge < -0.3 is 5.32 Å². The van der Waals surface area contributed by atoms with E-state index in [2.05, 4.69) is 5.32 Å². The summed E-state index contributed by atoms with van der Waals surface area (Å²) < 4.78 is 28.1. The highest BCUT2D eigenvalue weighted by Crippen LogP contribution is 2.44. The van der Waals surface area contributed by atoms with Gasteiger partial charge >= 0.3 is 0 Å². The molecule has 5 nitrogen and oxygen atoms in total. The summed E-state index contributed by atoms with van der Waals surface area (Å²) in [7, 11) is -3.86. The van der Waals surface area contributed by atoms with Crippen molar-refractivity contribution in [1.29, 1.82) is 0 Å². The summed E-state index contributed by atoms with van der Waals surface area (Å²) in [6.07, 6.45) is 4.63. The van der Waals surface area contributed by atoms with Crippen LogP contribution in [-0.2, 0) is 14.8 Å². The van der Waals surface area contributed by atoms with Gasteiger partial charge in [0.15, 0.2) is 0 Å². The predicted octanol–water partition coefficient (Wildman–Crippen LogP) is 3.80. The third kappa shape index (κ3) is 4.04. The first-order valence-electron chi connectivity index (χ1n) is 10.3. The number of carbonyl (C=O) groups excluding carboxylic acids is 1. The molecule has 0 saturated heterocycles. The van der Waals surface area contributed by atoms with E-state index in [1.165, 1.54) is 23.6 Å². The highest BCUT2D eigenvalue weighted by atomic mass is 32.2. The van der Waals surface area contributed by atoms with E-state index in [1.807, 2.05) is 32.0 Å². The number of benzene rings is 2. The molecule has 3 atom stereocenters. The van der Waals surface area contributed by atoms with Crippen molar-refractivity contribution in [3.8, 4) is 0 Å². The van der Waals surface area contributed by atoms with E-state index >= 15 is 0 Å². The average Bonchev–Trinajstić information content (AvgIpc) is 3.32. The number of rotatable bonds is 6. The van der Waals surface area contributed by atoms with Gasteiger partial charge in [0.05, 0.1) is 10.6 Å². The maximum Gasteiger partial charge on any atom is 0.264 e. The van der Waals surface area contributed by atoms with Gasteiger partial charge in [0.1, 0.15) is 6.54 Å². The van der Waals surface area contributed by atoms with Crippen molar-refractivity contribution in [2.75, 3.05) is 10.8 Å². The van der Waals surface area contributed by atoms with Crippen LogP contribution in [0.15, 0.2) is 53.4 Å². The van der Waals surface area contributed by atoms with Gasteiger partial charge in [0, 0.05) is 6.04 Å². The number of anilines is 1. The van der Waals surface area contributed by atoms with Gasteiger partial charge in [-0.05, 0) is 74.3 Å². The molecule has 0 spiro atoms. The molecule has 0 aromatic heterocycles. The largest absolute Gasteiger partial charge is 0.352 e. The maximum absolute atomic E-state index is 13.4. The number of nitrogens with one attached hydrogen (secondary N) is 1. The van der Waals surface area contributed by atoms with E-state index in [-0.39, 0.29) is 23.4 Å². The molecule has 0 heterocycles. The van der Waals surface area contributed by atoms with E-state index in [0.29, 0.717) is 17.5 Å². The summed E-state index contributed by atoms with van der Waals surface area (Å²) in [4.78, 5) is 13.1. The lowest BCUT2D eigenvalue weighted by molar-refractivity contribution is -0.120. The Kier molecular flexibility index (Phi) is 5.38. The molecule has 154 valence electrons. The minimum atomic E-state index is -3.86. The molecule has 6 heteroatoms. The van der Waals surface area contributed by atoms with Gasteiger partial charge in [-0.25, -0.2) is 8.42 Å². The Morgan fingerprint density at radius 3 is 2.48 bits per heavy atom. The lowest BCUT2D eigenvalue weighted by atomic mass is 9.95. The Morgan fingerprint density at radius 2 is 1.83 bits per heavy atom. The topological polar surface area (TPSA) is 66.5 Å². The van der Waals surface area contributed by atoms with Crippen molar-refractivity contribution in [2.24, 2.45) is 11.8 Å². The highest BCUT2D eigenvalue weighted by Gasteiger charge is 2.40. The number of aryl methyl sites for hydroxylation is 2. The zero-order valence-corrected chi connectivity index (χ0v) is 17.8. The van der Waals surface area contributed by atoms with Crippen molar-refractivity contribution in [2.45, 2.75) is 50.5 Å². The number of nitrogens with zero attached hydrogens (tertiary/aromatic N) is 1. The number of hydrogen-bond acceptors (Lipinski definition) is 3. The lowest BCUT2D eigenvalue weighted by Gasteiger charge is -2.28. The Hall–Kier alpha value is -2.34. The summed E-state index contributed by atoms with van der Waals surface area (Å²) in [6, 6.07) is 14.2. The highest BCUT2D eigenvalue weighted by molar-refractivity contribution is 7.92. The molecule has 2 saturated carbocycles. The molecule has 29 heavy (non-hydrogen) atoms. The Labute approximate surface area is 173 Å². The first-order chi connectivity index (χ1) is 13.8. The molecule has 0 radical (unpaired) electrons. The summed E-state index contributed by atoms with van der Waals surface area (Å²) in [5.74, 6) is 1.03. The second kappa shape index (κ2) is 7.82. The molecule has 0 aliphatic heterocycles. The third-order valence-corrected chi connectivity index (χ3v) is 8.11. The van der Waals surface area contributed by atoms with Crippen LogP contribution in [0.2, 0.25) is 0 Å². The van der Waals surface area contributed by atoms with E-state index < -0.39 is 10.0 Å². The third-order valence-electron chi connectivity index (χ3n) is 6.34. The Bertz CT molecular complexity index is 1000. The molecule has 2 aliphatic rings. The molecule has 4 rings (SSSR count). The standard InChI is InChI=1S/C23H28N2O3S/c1-16-8-9-17(2)22(12-16)25(29(27,28)20-6-4-3-5-7-20)15-23(26)24-21-14-18-10-11-19(21)13-18/h3-9,12,18-19,21H,10-11,13-15H2,1-2H3,(H,24,26)/t18-,19-,21+/m0/s1. The van der Waals surface area contributed by atoms with Crippen LogP contribution in [-0.4, -0.2) is 26.9 Å². The maximum atomic E-state index is 13.4. The fraction of sp³-hybridized carbons (Fsp3) is 0.435. The molecular weight excluding hydrogens is 384 g/mol. The van der Waals surface area contributed by atoms with Crippen molar-refractivity contribution >= 4 is 21.6 Å². The number of amides is 1. The zero-order chi connectivity index (χ0) is 20.6. The second-order valence-corrected chi connectivity index (χ2v) is 10.3. The first kappa shape index (κ1) is 20.0. The summed E-state index contributed by atoms with van der Waals surface area (Å²) in [6.45, 7) is 3.58. The van der Waals surface area contributed by atoms with Crippen molar-refractivity contribution < 1.29 is 13.2 Å². The van der Waals surface area contributed by atoms with E-state index in [0.717, 1.165) is 17.5 Å². The van der Waals surface area contributed by atoms with Crippen LogP contribution in [0.4, 0.5) is 5.69 Å². The van der Waals surface area contributed by atoms with Crippen molar-refractivity contribution in [3.05, 3.63) is 59.7 Å². The van der Waals surface area contributed by atoms with E-state index in [1.54, 1.807) is 30.3 Å². The summed E-state index contributed by atoms with van der Waals surface area (Å²) >= 11 is 0. The number of carbonyl (C=O) groups is 1. The van der Waals surface area contributed by atoms with Crippen LogP contribution in [0.5, 0.6) is 0 Å². The lowest BCUT2D eigenvalue weighted by Crippen LogP contribution is -2.46. The number of sulfonamides is 1. The minimum Gasteiger partial charge on any atom is -0.352 e. The van der Waals surface area contributed by atoms with Crippen molar-refractivity contribution in [3.63, 3.8) is 0 Å². The second-order valence-electron chi connectivity index (χ2n) is 8.46. The minimum absolute atomic E-state index is 0.182. The van der Waals surface area contributed by atoms with Gasteiger partial charge in [-0.3, -0.25) is 9.10 Å². The van der Waals surface area contributed by atoms with Crippen LogP contribution < -0.4 is 9.62 Å². The number of fused-ring (bicyclic) bond motifs is 2. The smallest absolute Gasteiger partial charge is 0.264 e. The molecule has 1 amide bonds. The van der Waals surface area contributed by atoms with Crippen LogP contribution in [0, 0.1) is 25.7 Å². The molecule has 2 bridgehead atoms. The van der Waals surface area contributed by atoms with Crippen LogP contribution >= 0.6 is 0 Å². The van der Waals surface area contributed by atoms with Crippen LogP contribution in [0.25, 0.3) is 0 Å². The molecule has 2 aromatic carbocycles. The fourth-order valence-electron chi connectivity index (χ4n) is 4.81. The summed E-state index contributed by atoms with van der Waals surface area (Å²) in [5, 5.41) is 3.12. The molecule has 2 fully saturated rings.